The Bertz CT molecular complexity index is 4010. The Morgan fingerprint density at radius 3 is 1.73 bits per heavy atom. The van der Waals surface area contributed by atoms with Gasteiger partial charge in [-0.25, -0.2) is 0 Å². The molecule has 99 heavy (non-hydrogen) atoms. The first-order valence-corrected chi connectivity index (χ1v) is 34.8. The standard InChI is InChI=1S/C49H61N5O7.C28H37N3O5.2CH4/c1-9-31-22-32-25-48(45(57)60-8,40-34(16-20-53(26-31)27-32)33-14-11-12-15-37(33)51-40)36-23-35-38(24-39(36)59-7)52(6)43-47(35)18-21-54-19-13-17-46(10-2,42(47)54)44(61-30(5)55)49(43,58)28-50-41(56)29(3)4;1-7-26-11-8-13-31-14-12-27(23(26)31)20-10-9-19(35-6)15-21(20)30(5)24(27)28(34,25(26)36-18(4)32)16-29-22(33)17(2)3;;/h11-15,17,22-24,32,42-44,51,58H,3,9-10,16,18-21,25-28H2,1-2,4-8H3,(H,50,56);8-11,15,23-25,34H,2,7,12-14,16H2,1,3-6H3,(H,29,33);2*1H4/t32-,42?,43+,44+,46+,47+,48-,49-;23?,24-,25-,26-,27-,28+;;/m01../s1. The number of methoxy groups -OCH3 is 3. The van der Waals surface area contributed by atoms with E-state index < -0.39 is 74.5 Å². The lowest BCUT2D eigenvalue weighted by Crippen LogP contribution is -2.81. The van der Waals surface area contributed by atoms with Crippen molar-refractivity contribution >= 4 is 52.0 Å². The molecule has 4 aromatic rings. The van der Waals surface area contributed by atoms with Crippen LogP contribution in [0.25, 0.3) is 10.9 Å². The van der Waals surface area contributed by atoms with E-state index in [-0.39, 0.29) is 63.7 Å². The maximum Gasteiger partial charge on any atom is 0.322 e. The van der Waals surface area contributed by atoms with Gasteiger partial charge in [0, 0.05) is 151 Å². The lowest BCUT2D eigenvalue weighted by Gasteiger charge is -2.64. The van der Waals surface area contributed by atoms with Gasteiger partial charge in [-0.05, 0) is 113 Å². The van der Waals surface area contributed by atoms with Crippen LogP contribution in [0.15, 0.2) is 115 Å². The third kappa shape index (κ3) is 10.4. The SMILES string of the molecule is C.C.C=C(C)C(=O)NC[C@@]1(O)[C@H](OC(C)=O)[C@]2(CC)C=CCN3CC[C@@]4(c5cc([C@@]6(C(=O)OC)C[C@@H]7C=C(CC)CN(CCc8c6[nH]c6ccccc86)C7)c(OC)cc5N(C)[C@@H]14)C32.C=C(C)C(=O)NC[C@@]1(O)[C@H](OC(C)=O)[C@]2(CC)C=CCN3CC[C@@]4(c5ccc(OC)cc5N(C)[C@@H]14)C32. The van der Waals surface area contributed by atoms with Crippen LogP contribution in [0.4, 0.5) is 11.4 Å². The summed E-state index contributed by atoms with van der Waals surface area (Å²) >= 11 is 0. The lowest BCUT2D eigenvalue weighted by atomic mass is 9.47. The highest BCUT2D eigenvalue weighted by atomic mass is 16.6. The number of carbonyl (C=O) groups is 5. The van der Waals surface area contributed by atoms with Crippen molar-refractivity contribution in [3.8, 4) is 11.5 Å². The Morgan fingerprint density at radius 1 is 0.677 bits per heavy atom. The van der Waals surface area contributed by atoms with Crippen molar-refractivity contribution in [3.63, 3.8) is 0 Å². The molecule has 3 unspecified atom stereocenters. The fraction of sp³-hybridized carbons (Fsp3) is 0.557. The van der Waals surface area contributed by atoms with Crippen molar-refractivity contribution in [2.75, 3.05) is 104 Å². The molecule has 14 rings (SSSR count). The Morgan fingerprint density at radius 2 is 1.22 bits per heavy atom. The van der Waals surface area contributed by atoms with E-state index >= 15 is 4.79 Å². The minimum Gasteiger partial charge on any atom is -0.497 e. The molecule has 534 valence electrons. The fourth-order valence-corrected chi connectivity index (χ4v) is 21.4. The monoisotopic (exact) mass is 1360 g/mol. The Labute approximate surface area is 584 Å². The first kappa shape index (κ1) is 72.5. The molecule has 4 fully saturated rings. The highest BCUT2D eigenvalue weighted by Crippen LogP contribution is 2.70. The van der Waals surface area contributed by atoms with E-state index in [1.807, 2.05) is 38.4 Å². The molecule has 2 aliphatic carbocycles. The molecular weight excluding hydrogens is 1250 g/mol. The van der Waals surface area contributed by atoms with Crippen LogP contribution in [0.1, 0.15) is 130 Å². The summed E-state index contributed by atoms with van der Waals surface area (Å²) in [5.41, 5.74) is 2.32. The van der Waals surface area contributed by atoms with Crippen LogP contribution in [0.3, 0.4) is 0 Å². The van der Waals surface area contributed by atoms with Crippen molar-refractivity contribution < 1.29 is 57.9 Å². The summed E-state index contributed by atoms with van der Waals surface area (Å²) in [5, 5.41) is 33.5. The first-order valence-electron chi connectivity index (χ1n) is 34.8. The fourth-order valence-electron chi connectivity index (χ4n) is 21.4. The summed E-state index contributed by atoms with van der Waals surface area (Å²) < 4.78 is 30.4. The third-order valence-corrected chi connectivity index (χ3v) is 24.7. The zero-order valence-corrected chi connectivity index (χ0v) is 58.6. The molecule has 20 heteroatoms. The number of nitrogens with zero attached hydrogens (tertiary/aromatic N) is 5. The number of esters is 3. The van der Waals surface area contributed by atoms with Crippen LogP contribution >= 0.6 is 0 Å². The second kappa shape index (κ2) is 26.3. The van der Waals surface area contributed by atoms with Crippen LogP contribution in [0.5, 0.6) is 11.5 Å². The quantitative estimate of drug-likeness (QED) is 0.0324. The van der Waals surface area contributed by atoms with E-state index in [1.165, 1.54) is 32.1 Å². The number of aromatic nitrogens is 1. The largest absolute Gasteiger partial charge is 0.497 e. The van der Waals surface area contributed by atoms with Gasteiger partial charge in [-0.2, -0.15) is 0 Å². The van der Waals surface area contributed by atoms with Crippen LogP contribution in [0.2, 0.25) is 0 Å². The van der Waals surface area contributed by atoms with Gasteiger partial charge in [0.1, 0.15) is 40.3 Å². The highest BCUT2D eigenvalue weighted by Gasteiger charge is 2.80. The van der Waals surface area contributed by atoms with E-state index in [2.05, 4.69) is 135 Å². The van der Waals surface area contributed by atoms with Gasteiger partial charge in [0.25, 0.3) is 0 Å². The smallest absolute Gasteiger partial charge is 0.322 e. The molecule has 3 aromatic carbocycles. The van der Waals surface area contributed by atoms with Gasteiger partial charge in [-0.1, -0.05) is 109 Å². The molecule has 2 bridgehead atoms. The number of benzene rings is 3. The average Bonchev–Trinajstić information content (AvgIpc) is 1.51. The Hall–Kier alpha value is -7.75. The van der Waals surface area contributed by atoms with Gasteiger partial charge in [0.2, 0.25) is 11.8 Å². The van der Waals surface area contributed by atoms with Crippen molar-refractivity contribution in [1.82, 2.24) is 30.3 Å². The molecule has 2 saturated carbocycles. The zero-order valence-electron chi connectivity index (χ0n) is 58.6. The number of hydrogen-bond donors (Lipinski definition) is 5. The summed E-state index contributed by atoms with van der Waals surface area (Å²) in [6, 6.07) is 17.4. The molecule has 5 N–H and O–H groups in total. The number of aromatic amines is 1. The molecular formula is C79H106N8O12. The van der Waals surface area contributed by atoms with Crippen LogP contribution < -0.4 is 29.9 Å². The first-order chi connectivity index (χ1) is 46.3. The molecule has 2 saturated heterocycles. The highest BCUT2D eigenvalue weighted by molar-refractivity contribution is 5.95. The lowest BCUT2D eigenvalue weighted by molar-refractivity contribution is -0.217. The van der Waals surface area contributed by atoms with Crippen molar-refractivity contribution in [3.05, 3.63) is 143 Å². The van der Waals surface area contributed by atoms with Crippen LogP contribution in [-0.2, 0) is 60.8 Å². The number of ether oxygens (including phenoxy) is 5. The number of hydrogen-bond acceptors (Lipinski definition) is 17. The average molecular weight is 1360 g/mol. The van der Waals surface area contributed by atoms with Gasteiger partial charge in [-0.3, -0.25) is 38.7 Å². The topological polar surface area (TPSA) is 228 Å². The van der Waals surface area contributed by atoms with Crippen LogP contribution in [-0.4, -0.2) is 202 Å². The van der Waals surface area contributed by atoms with E-state index in [0.717, 1.165) is 109 Å². The second-order valence-electron chi connectivity index (χ2n) is 29.5. The van der Waals surface area contributed by atoms with E-state index in [1.54, 1.807) is 28.1 Å². The van der Waals surface area contributed by atoms with Gasteiger partial charge in [0.15, 0.2) is 0 Å². The van der Waals surface area contributed by atoms with E-state index in [9.17, 15) is 29.4 Å². The number of para-hydroxylation sites is 1. The predicted octanol–water partition coefficient (Wildman–Crippen LogP) is 8.75. The Kier molecular flexibility index (Phi) is 19.3. The van der Waals surface area contributed by atoms with E-state index in [4.69, 9.17) is 23.7 Å². The summed E-state index contributed by atoms with van der Waals surface area (Å²) in [7, 11) is 8.74. The maximum absolute atomic E-state index is 15.4. The molecule has 20 nitrogen and oxygen atoms in total. The third-order valence-electron chi connectivity index (χ3n) is 24.7. The normalized spacial score (nSPS) is 33.8. The second-order valence-corrected chi connectivity index (χ2v) is 29.5. The number of rotatable bonds is 15. The number of nitrogens with one attached hydrogen (secondary N) is 3. The molecule has 8 aliphatic heterocycles. The van der Waals surface area contributed by atoms with Gasteiger partial charge in [-0.15, -0.1) is 0 Å². The minimum atomic E-state index is -1.78. The summed E-state index contributed by atoms with van der Waals surface area (Å²) in [4.78, 5) is 82.5. The zero-order chi connectivity index (χ0) is 69.3. The number of likely N-dealkylation sites (N-methyl/N-ethyl adjacent to an activating group) is 2. The Balaban J connectivity index is 0.000000223. The van der Waals surface area contributed by atoms with Crippen molar-refractivity contribution in [2.45, 2.75) is 172 Å². The predicted molar refractivity (Wildman–Crippen MR) is 385 cm³/mol. The number of anilines is 2. The number of aliphatic hydroxyl groups is 2. The maximum atomic E-state index is 15.4. The number of H-pyrrole nitrogens is 1. The molecule has 2 amide bonds. The number of amides is 2. The van der Waals surface area contributed by atoms with Gasteiger partial charge >= 0.3 is 17.9 Å². The molecule has 1 aromatic heterocycles. The van der Waals surface area contributed by atoms with Crippen molar-refractivity contribution in [2.24, 2.45) is 16.7 Å². The van der Waals surface area contributed by atoms with Gasteiger partial charge in [0.05, 0.1) is 46.5 Å². The molecule has 2 spiro atoms. The summed E-state index contributed by atoms with van der Waals surface area (Å²) in [6.45, 7) is 25.5. The molecule has 10 aliphatic rings. The van der Waals surface area contributed by atoms with E-state index in [0.29, 0.717) is 49.1 Å². The summed E-state index contributed by atoms with van der Waals surface area (Å²) in [6.07, 6.45) is 14.0. The minimum absolute atomic E-state index is 0. The van der Waals surface area contributed by atoms with Gasteiger partial charge < -0.3 is 59.3 Å². The van der Waals surface area contributed by atoms with Crippen LogP contribution in [0, 0.1) is 16.7 Å². The molecule has 15 atom stereocenters. The molecule has 0 radical (unpaired) electrons. The number of fused-ring (bicyclic) bond motifs is 7. The number of carbonyl (C=O) groups excluding carboxylic acids is 5. The summed E-state index contributed by atoms with van der Waals surface area (Å²) in [5.74, 6) is -0.722. The van der Waals surface area contributed by atoms with Crippen molar-refractivity contribution in [1.29, 1.82) is 0 Å². The molecule has 9 heterocycles.